The molecular formula is C13H22ClN3O3. The molecule has 1 heterocycles. The van der Waals surface area contributed by atoms with Crippen LogP contribution in [0.1, 0.15) is 45.5 Å². The minimum Gasteiger partial charge on any atom is -0.370 e. The molecule has 0 saturated heterocycles. The van der Waals surface area contributed by atoms with Crippen LogP contribution in [0.5, 0.6) is 0 Å². The van der Waals surface area contributed by atoms with Crippen molar-refractivity contribution in [2.24, 2.45) is 5.92 Å². The van der Waals surface area contributed by atoms with E-state index in [0.29, 0.717) is 24.2 Å². The number of nitrogens with zero attached hydrogens (tertiary/aromatic N) is 3. The van der Waals surface area contributed by atoms with Crippen LogP contribution in [0.15, 0.2) is 4.52 Å². The van der Waals surface area contributed by atoms with Crippen LogP contribution in [0.4, 0.5) is 0 Å². The minimum absolute atomic E-state index is 0.185. The summed E-state index contributed by atoms with van der Waals surface area (Å²) in [6.45, 7) is 8.51. The molecule has 0 aliphatic rings. The van der Waals surface area contributed by atoms with Gasteiger partial charge in [-0.25, -0.2) is 0 Å². The SMILES string of the molecule is CC(C)COC(C)c1noc(CN(C)C(=O)C(C)Cl)n1. The molecule has 114 valence electrons. The van der Waals surface area contributed by atoms with Gasteiger partial charge in [-0.15, -0.1) is 11.6 Å². The normalized spacial score (nSPS) is 14.3. The molecule has 0 aromatic carbocycles. The Morgan fingerprint density at radius 2 is 2.05 bits per heavy atom. The summed E-state index contributed by atoms with van der Waals surface area (Å²) in [4.78, 5) is 17.3. The Morgan fingerprint density at radius 3 is 2.60 bits per heavy atom. The maximum absolute atomic E-state index is 11.6. The van der Waals surface area contributed by atoms with Gasteiger partial charge in [0.05, 0.1) is 6.54 Å². The largest absolute Gasteiger partial charge is 0.370 e. The zero-order chi connectivity index (χ0) is 15.3. The first-order valence-corrected chi connectivity index (χ1v) is 7.08. The number of rotatable bonds is 7. The highest BCUT2D eigenvalue weighted by atomic mass is 35.5. The van der Waals surface area contributed by atoms with E-state index in [9.17, 15) is 4.79 Å². The highest BCUT2D eigenvalue weighted by Crippen LogP contribution is 2.15. The van der Waals surface area contributed by atoms with Crippen LogP contribution in [0.25, 0.3) is 0 Å². The van der Waals surface area contributed by atoms with Crippen LogP contribution in [-0.2, 0) is 16.1 Å². The predicted molar refractivity (Wildman–Crippen MR) is 75.3 cm³/mol. The van der Waals surface area contributed by atoms with Gasteiger partial charge in [0.1, 0.15) is 11.5 Å². The van der Waals surface area contributed by atoms with Crippen LogP contribution in [-0.4, -0.2) is 40.0 Å². The summed E-state index contributed by atoms with van der Waals surface area (Å²) in [6.07, 6.45) is -0.233. The first kappa shape index (κ1) is 16.9. The number of carbonyl (C=O) groups excluding carboxylic acids is 1. The number of hydrogen-bond donors (Lipinski definition) is 0. The van der Waals surface area contributed by atoms with E-state index >= 15 is 0 Å². The van der Waals surface area contributed by atoms with Crippen molar-refractivity contribution >= 4 is 17.5 Å². The second-order valence-corrected chi connectivity index (χ2v) is 5.88. The summed E-state index contributed by atoms with van der Waals surface area (Å²) in [5, 5.41) is 3.30. The molecule has 20 heavy (non-hydrogen) atoms. The van der Waals surface area contributed by atoms with Gasteiger partial charge >= 0.3 is 0 Å². The van der Waals surface area contributed by atoms with Gasteiger partial charge in [-0.2, -0.15) is 4.98 Å². The molecule has 2 atom stereocenters. The topological polar surface area (TPSA) is 68.5 Å². The Morgan fingerprint density at radius 1 is 1.40 bits per heavy atom. The van der Waals surface area contributed by atoms with Crippen molar-refractivity contribution in [3.63, 3.8) is 0 Å². The third-order valence-corrected chi connectivity index (χ3v) is 2.80. The van der Waals surface area contributed by atoms with Crippen LogP contribution >= 0.6 is 11.6 Å². The molecule has 1 amide bonds. The molecule has 2 unspecified atom stereocenters. The fourth-order valence-electron chi connectivity index (χ4n) is 1.49. The van der Waals surface area contributed by atoms with E-state index in [4.69, 9.17) is 20.9 Å². The maximum atomic E-state index is 11.6. The number of alkyl halides is 1. The number of carbonyl (C=O) groups is 1. The Labute approximate surface area is 124 Å². The Kier molecular flexibility index (Phi) is 6.42. The standard InChI is InChI=1S/C13H22ClN3O3/c1-8(2)7-19-10(4)12-15-11(20-16-12)6-17(5)13(18)9(3)14/h8-10H,6-7H2,1-5H3. The monoisotopic (exact) mass is 303 g/mol. The summed E-state index contributed by atoms with van der Waals surface area (Å²) in [7, 11) is 1.64. The zero-order valence-corrected chi connectivity index (χ0v) is 13.3. The fourth-order valence-corrected chi connectivity index (χ4v) is 1.66. The quantitative estimate of drug-likeness (QED) is 0.723. The number of amides is 1. The third-order valence-electron chi connectivity index (χ3n) is 2.62. The molecule has 0 radical (unpaired) electrons. The second kappa shape index (κ2) is 7.59. The van der Waals surface area contributed by atoms with Gasteiger partial charge in [0, 0.05) is 13.7 Å². The van der Waals surface area contributed by atoms with Crippen LogP contribution in [0.2, 0.25) is 0 Å². The lowest BCUT2D eigenvalue weighted by Gasteiger charge is -2.15. The molecule has 6 nitrogen and oxygen atoms in total. The molecule has 0 fully saturated rings. The lowest BCUT2D eigenvalue weighted by Crippen LogP contribution is -2.31. The first-order valence-electron chi connectivity index (χ1n) is 6.64. The Hall–Kier alpha value is -1.14. The summed E-state index contributed by atoms with van der Waals surface area (Å²) in [5.74, 6) is 1.11. The number of ether oxygens (including phenoxy) is 1. The van der Waals surface area contributed by atoms with Gasteiger partial charge in [0.25, 0.3) is 0 Å². The average molecular weight is 304 g/mol. The van der Waals surface area contributed by atoms with Gasteiger partial charge in [0.2, 0.25) is 11.8 Å². The van der Waals surface area contributed by atoms with Crippen LogP contribution in [0.3, 0.4) is 0 Å². The second-order valence-electron chi connectivity index (χ2n) is 5.23. The summed E-state index contributed by atoms with van der Waals surface area (Å²) >= 11 is 5.74. The van der Waals surface area contributed by atoms with Gasteiger partial charge in [-0.05, 0) is 19.8 Å². The Balaban J connectivity index is 2.56. The Bertz CT molecular complexity index is 434. The third kappa shape index (κ3) is 5.09. The van der Waals surface area contributed by atoms with Crippen LogP contribution in [0, 0.1) is 5.92 Å². The molecule has 0 aliphatic carbocycles. The van der Waals surface area contributed by atoms with Crippen molar-refractivity contribution in [1.82, 2.24) is 15.0 Å². The summed E-state index contributed by atoms with van der Waals surface area (Å²) < 4.78 is 10.7. The molecule has 1 rings (SSSR count). The maximum Gasteiger partial charge on any atom is 0.246 e. The van der Waals surface area contributed by atoms with Crippen molar-refractivity contribution in [2.75, 3.05) is 13.7 Å². The smallest absolute Gasteiger partial charge is 0.246 e. The zero-order valence-electron chi connectivity index (χ0n) is 12.6. The van der Waals surface area contributed by atoms with Gasteiger partial charge in [-0.1, -0.05) is 19.0 Å². The molecular weight excluding hydrogens is 282 g/mol. The van der Waals surface area contributed by atoms with E-state index < -0.39 is 5.38 Å². The average Bonchev–Trinajstić information content (AvgIpc) is 2.83. The number of hydrogen-bond acceptors (Lipinski definition) is 5. The molecule has 7 heteroatoms. The molecule has 1 aromatic rings. The summed E-state index contributed by atoms with van der Waals surface area (Å²) in [5.41, 5.74) is 0. The van der Waals surface area contributed by atoms with Crippen molar-refractivity contribution in [3.05, 3.63) is 11.7 Å². The van der Waals surface area contributed by atoms with Gasteiger partial charge in [0.15, 0.2) is 5.82 Å². The van der Waals surface area contributed by atoms with E-state index in [-0.39, 0.29) is 18.6 Å². The van der Waals surface area contributed by atoms with E-state index in [2.05, 4.69) is 24.0 Å². The van der Waals surface area contributed by atoms with Crippen molar-refractivity contribution in [2.45, 2.75) is 45.7 Å². The first-order chi connectivity index (χ1) is 9.31. The van der Waals surface area contributed by atoms with Crippen molar-refractivity contribution in [3.8, 4) is 0 Å². The highest BCUT2D eigenvalue weighted by Gasteiger charge is 2.19. The molecule has 0 aliphatic heterocycles. The van der Waals surface area contributed by atoms with E-state index in [1.54, 1.807) is 14.0 Å². The number of halogens is 1. The minimum atomic E-state index is -0.573. The van der Waals surface area contributed by atoms with Crippen molar-refractivity contribution < 1.29 is 14.1 Å². The molecule has 0 bridgehead atoms. The van der Waals surface area contributed by atoms with E-state index in [0.717, 1.165) is 0 Å². The molecule has 1 aromatic heterocycles. The van der Waals surface area contributed by atoms with Gasteiger partial charge in [-0.3, -0.25) is 4.79 Å². The summed E-state index contributed by atoms with van der Waals surface area (Å²) in [6, 6.07) is 0. The van der Waals surface area contributed by atoms with Gasteiger partial charge < -0.3 is 14.2 Å². The molecule has 0 saturated carbocycles. The predicted octanol–water partition coefficient (Wildman–Crippen LogP) is 2.39. The van der Waals surface area contributed by atoms with Crippen LogP contribution < -0.4 is 0 Å². The molecule has 0 spiro atoms. The lowest BCUT2D eigenvalue weighted by atomic mass is 10.2. The molecule has 0 N–H and O–H groups in total. The lowest BCUT2D eigenvalue weighted by molar-refractivity contribution is -0.130. The number of aromatic nitrogens is 2. The van der Waals surface area contributed by atoms with E-state index in [1.807, 2.05) is 6.92 Å². The highest BCUT2D eigenvalue weighted by molar-refractivity contribution is 6.30. The van der Waals surface area contributed by atoms with Crippen molar-refractivity contribution in [1.29, 1.82) is 0 Å². The van der Waals surface area contributed by atoms with E-state index in [1.165, 1.54) is 4.90 Å². The fraction of sp³-hybridized carbons (Fsp3) is 0.769.